The van der Waals surface area contributed by atoms with Gasteiger partial charge in [-0.3, -0.25) is 9.59 Å². The van der Waals surface area contributed by atoms with Crippen molar-refractivity contribution in [3.8, 4) is 11.8 Å². The summed E-state index contributed by atoms with van der Waals surface area (Å²) in [4.78, 5) is 23.6. The minimum absolute atomic E-state index is 0.153. The molecular formula is C15H17N3O3. The molecule has 1 fully saturated rings. The second-order valence-corrected chi connectivity index (χ2v) is 4.89. The van der Waals surface area contributed by atoms with E-state index in [-0.39, 0.29) is 11.8 Å². The van der Waals surface area contributed by atoms with Crippen molar-refractivity contribution in [2.45, 2.75) is 31.9 Å². The topological polar surface area (TPSA) is 91.2 Å². The zero-order valence-corrected chi connectivity index (χ0v) is 11.8. The van der Waals surface area contributed by atoms with Gasteiger partial charge in [0, 0.05) is 6.54 Å². The Kier molecular flexibility index (Phi) is 4.77. The van der Waals surface area contributed by atoms with E-state index in [1.807, 2.05) is 6.07 Å². The number of ether oxygens (including phenoxy) is 1. The smallest absolute Gasteiger partial charge is 0.261 e. The Labute approximate surface area is 123 Å². The standard InChI is InChI=1S/C15H17N3O3/c1-10(21-12-6-4-11(9-16)5-7-12)14(19)18-13-3-2-8-17-15(13)20/h4-7,10,13H,2-3,8H2,1H3,(H,17,20)(H,18,19)/t10-,13+/m1/s1. The number of amides is 2. The maximum absolute atomic E-state index is 12.0. The van der Waals surface area contributed by atoms with E-state index in [0.29, 0.717) is 24.3 Å². The van der Waals surface area contributed by atoms with Crippen LogP contribution in [0, 0.1) is 11.3 Å². The predicted molar refractivity (Wildman–Crippen MR) is 75.4 cm³/mol. The molecule has 110 valence electrons. The van der Waals surface area contributed by atoms with Crippen LogP contribution in [-0.4, -0.2) is 30.5 Å². The van der Waals surface area contributed by atoms with Crippen LogP contribution in [0.3, 0.4) is 0 Å². The molecular weight excluding hydrogens is 270 g/mol. The molecule has 6 nitrogen and oxygen atoms in total. The van der Waals surface area contributed by atoms with Gasteiger partial charge in [-0.1, -0.05) is 0 Å². The molecule has 1 aliphatic rings. The molecule has 0 aliphatic carbocycles. The number of hydrogen-bond donors (Lipinski definition) is 2. The minimum Gasteiger partial charge on any atom is -0.481 e. The molecule has 2 rings (SSSR count). The van der Waals surface area contributed by atoms with Gasteiger partial charge < -0.3 is 15.4 Å². The van der Waals surface area contributed by atoms with Gasteiger partial charge in [0.15, 0.2) is 6.10 Å². The van der Waals surface area contributed by atoms with Crippen molar-refractivity contribution in [2.24, 2.45) is 0 Å². The van der Waals surface area contributed by atoms with Gasteiger partial charge in [0.25, 0.3) is 5.91 Å². The molecule has 0 radical (unpaired) electrons. The van der Waals surface area contributed by atoms with Gasteiger partial charge in [-0.15, -0.1) is 0 Å². The first-order valence-corrected chi connectivity index (χ1v) is 6.85. The Bertz CT molecular complexity index is 563. The van der Waals surface area contributed by atoms with E-state index in [4.69, 9.17) is 10.00 Å². The van der Waals surface area contributed by atoms with Gasteiger partial charge in [-0.2, -0.15) is 5.26 Å². The quantitative estimate of drug-likeness (QED) is 0.853. The third-order valence-electron chi connectivity index (χ3n) is 3.27. The van der Waals surface area contributed by atoms with Gasteiger partial charge in [-0.25, -0.2) is 0 Å². The molecule has 1 aromatic rings. The van der Waals surface area contributed by atoms with E-state index in [1.165, 1.54) is 0 Å². The summed E-state index contributed by atoms with van der Waals surface area (Å²) < 4.78 is 5.50. The molecule has 21 heavy (non-hydrogen) atoms. The fourth-order valence-electron chi connectivity index (χ4n) is 2.06. The van der Waals surface area contributed by atoms with Crippen LogP contribution >= 0.6 is 0 Å². The maximum Gasteiger partial charge on any atom is 0.261 e. The van der Waals surface area contributed by atoms with Gasteiger partial charge in [0.2, 0.25) is 5.91 Å². The molecule has 6 heteroatoms. The Hall–Kier alpha value is -2.55. The molecule has 0 aromatic heterocycles. The summed E-state index contributed by atoms with van der Waals surface area (Å²) in [5, 5.41) is 14.1. The summed E-state index contributed by atoms with van der Waals surface area (Å²) in [7, 11) is 0. The largest absolute Gasteiger partial charge is 0.481 e. The number of nitriles is 1. The first kappa shape index (κ1) is 14.9. The fourth-order valence-corrected chi connectivity index (χ4v) is 2.06. The second kappa shape index (κ2) is 6.75. The Morgan fingerprint density at radius 3 is 2.81 bits per heavy atom. The average molecular weight is 287 g/mol. The fraction of sp³-hybridized carbons (Fsp3) is 0.400. The zero-order valence-electron chi connectivity index (χ0n) is 11.8. The molecule has 2 N–H and O–H groups in total. The molecule has 0 bridgehead atoms. The lowest BCUT2D eigenvalue weighted by Gasteiger charge is -2.24. The van der Waals surface area contributed by atoms with Crippen molar-refractivity contribution in [2.75, 3.05) is 6.54 Å². The number of carbonyl (C=O) groups is 2. The number of nitrogens with zero attached hydrogens (tertiary/aromatic N) is 1. The molecule has 1 saturated heterocycles. The Balaban J connectivity index is 1.89. The monoisotopic (exact) mass is 287 g/mol. The van der Waals surface area contributed by atoms with Crippen LogP contribution < -0.4 is 15.4 Å². The average Bonchev–Trinajstić information content (AvgIpc) is 2.50. The lowest BCUT2D eigenvalue weighted by molar-refractivity contribution is -0.133. The van der Waals surface area contributed by atoms with Crippen LogP contribution in [0.2, 0.25) is 0 Å². The molecule has 0 saturated carbocycles. The molecule has 2 atom stereocenters. The second-order valence-electron chi connectivity index (χ2n) is 4.89. The van der Waals surface area contributed by atoms with Crippen LogP contribution in [0.25, 0.3) is 0 Å². The highest BCUT2D eigenvalue weighted by molar-refractivity contribution is 5.89. The highest BCUT2D eigenvalue weighted by atomic mass is 16.5. The summed E-state index contributed by atoms with van der Waals surface area (Å²) in [6.07, 6.45) is 0.774. The van der Waals surface area contributed by atoms with Gasteiger partial charge in [-0.05, 0) is 44.0 Å². The normalized spacial score (nSPS) is 19.0. The number of nitrogens with one attached hydrogen (secondary N) is 2. The van der Waals surface area contributed by atoms with E-state index in [0.717, 1.165) is 6.42 Å². The summed E-state index contributed by atoms with van der Waals surface area (Å²) in [6.45, 7) is 2.27. The van der Waals surface area contributed by atoms with Crippen LogP contribution in [0.5, 0.6) is 5.75 Å². The molecule has 1 aliphatic heterocycles. The molecule has 0 unspecified atom stereocenters. The lowest BCUT2D eigenvalue weighted by Crippen LogP contribution is -2.52. The highest BCUT2D eigenvalue weighted by Gasteiger charge is 2.26. The third-order valence-corrected chi connectivity index (χ3v) is 3.27. The summed E-state index contributed by atoms with van der Waals surface area (Å²) >= 11 is 0. The summed E-state index contributed by atoms with van der Waals surface area (Å²) in [5.74, 6) is 0.0197. The summed E-state index contributed by atoms with van der Waals surface area (Å²) in [5.41, 5.74) is 0.526. The van der Waals surface area contributed by atoms with Crippen LogP contribution in [-0.2, 0) is 9.59 Å². The third kappa shape index (κ3) is 3.96. The Morgan fingerprint density at radius 1 is 1.48 bits per heavy atom. The van der Waals surface area contributed by atoms with Gasteiger partial charge in [0.05, 0.1) is 11.6 Å². The molecule has 1 heterocycles. The van der Waals surface area contributed by atoms with Gasteiger partial charge >= 0.3 is 0 Å². The number of hydrogen-bond acceptors (Lipinski definition) is 4. The van der Waals surface area contributed by atoms with Crippen molar-refractivity contribution in [3.05, 3.63) is 29.8 Å². The van der Waals surface area contributed by atoms with E-state index < -0.39 is 12.1 Å². The number of rotatable bonds is 4. The number of benzene rings is 1. The molecule has 2 amide bonds. The van der Waals surface area contributed by atoms with Crippen molar-refractivity contribution in [1.82, 2.24) is 10.6 Å². The van der Waals surface area contributed by atoms with Crippen molar-refractivity contribution in [3.63, 3.8) is 0 Å². The van der Waals surface area contributed by atoms with Crippen molar-refractivity contribution < 1.29 is 14.3 Å². The SMILES string of the molecule is C[C@@H](Oc1ccc(C#N)cc1)C(=O)N[C@H]1CCCNC1=O. The van der Waals surface area contributed by atoms with E-state index in [2.05, 4.69) is 10.6 Å². The predicted octanol–water partition coefficient (Wildman–Crippen LogP) is 0.720. The summed E-state index contributed by atoms with van der Waals surface area (Å²) in [6, 6.07) is 8.03. The number of carbonyl (C=O) groups excluding carboxylic acids is 2. The maximum atomic E-state index is 12.0. The van der Waals surface area contributed by atoms with E-state index in [1.54, 1.807) is 31.2 Å². The first-order chi connectivity index (χ1) is 10.1. The molecule has 0 spiro atoms. The van der Waals surface area contributed by atoms with Crippen LogP contribution in [0.15, 0.2) is 24.3 Å². The van der Waals surface area contributed by atoms with Gasteiger partial charge in [0.1, 0.15) is 11.8 Å². The highest BCUT2D eigenvalue weighted by Crippen LogP contribution is 2.13. The zero-order chi connectivity index (χ0) is 15.2. The van der Waals surface area contributed by atoms with E-state index >= 15 is 0 Å². The van der Waals surface area contributed by atoms with Crippen LogP contribution in [0.1, 0.15) is 25.3 Å². The Morgan fingerprint density at radius 2 is 2.19 bits per heavy atom. The van der Waals surface area contributed by atoms with Crippen molar-refractivity contribution >= 4 is 11.8 Å². The van der Waals surface area contributed by atoms with Crippen LogP contribution in [0.4, 0.5) is 0 Å². The van der Waals surface area contributed by atoms with Crippen molar-refractivity contribution in [1.29, 1.82) is 5.26 Å². The lowest BCUT2D eigenvalue weighted by atomic mass is 10.1. The number of piperidine rings is 1. The van der Waals surface area contributed by atoms with E-state index in [9.17, 15) is 9.59 Å². The minimum atomic E-state index is -0.715. The molecule has 1 aromatic carbocycles. The first-order valence-electron chi connectivity index (χ1n) is 6.85.